The zero-order chi connectivity index (χ0) is 20.7. The molecule has 0 heterocycles. The molecule has 1 unspecified atom stereocenters. The molecule has 0 aliphatic carbocycles. The summed E-state index contributed by atoms with van der Waals surface area (Å²) in [4.78, 5) is 35.5. The Hall–Kier alpha value is -2.83. The van der Waals surface area contributed by atoms with Gasteiger partial charge in [0, 0.05) is 25.2 Å². The molecule has 0 saturated carbocycles. The third-order valence-corrected chi connectivity index (χ3v) is 2.87. The molecule has 0 rings (SSSR count). The van der Waals surface area contributed by atoms with Crippen molar-refractivity contribution in [1.29, 1.82) is 0 Å². The van der Waals surface area contributed by atoms with Gasteiger partial charge in [-0.25, -0.2) is 4.79 Å². The third kappa shape index (κ3) is 15.2. The van der Waals surface area contributed by atoms with Gasteiger partial charge in [0.1, 0.15) is 5.60 Å². The largest absolute Gasteiger partial charge is 0.444 e. The van der Waals surface area contributed by atoms with Crippen LogP contribution in [0, 0.1) is 0 Å². The van der Waals surface area contributed by atoms with Crippen LogP contribution in [-0.2, 0) is 14.3 Å². The molecule has 0 aromatic carbocycles. The van der Waals surface area contributed by atoms with E-state index >= 15 is 0 Å². The number of alkyl carbamates (subject to hydrolysis) is 1. The summed E-state index contributed by atoms with van der Waals surface area (Å²) in [5.74, 6) is -0.605. The number of nitrogens with one attached hydrogen (secondary N) is 3. The SMILES string of the molecule is C/C=C/C=C\C(=O)NCC(CNC(=O)/C=C/C=C/C)NC(=O)OC(C)(C)C. The molecule has 3 amide bonds. The van der Waals surface area contributed by atoms with Gasteiger partial charge in [0.25, 0.3) is 0 Å². The van der Waals surface area contributed by atoms with Crippen LogP contribution in [0.25, 0.3) is 0 Å². The highest BCUT2D eigenvalue weighted by atomic mass is 16.6. The van der Waals surface area contributed by atoms with Gasteiger partial charge in [-0.3, -0.25) is 9.59 Å². The second-order valence-electron chi connectivity index (χ2n) is 6.60. The molecule has 0 aromatic heterocycles. The zero-order valence-corrected chi connectivity index (χ0v) is 16.7. The summed E-state index contributed by atoms with van der Waals surface area (Å²) in [6, 6.07) is -0.530. The Morgan fingerprint density at radius 2 is 1.30 bits per heavy atom. The molecule has 7 nitrogen and oxygen atoms in total. The topological polar surface area (TPSA) is 96.5 Å². The lowest BCUT2D eigenvalue weighted by molar-refractivity contribution is -0.116. The number of amides is 3. The first-order chi connectivity index (χ1) is 12.7. The van der Waals surface area contributed by atoms with Crippen molar-refractivity contribution in [3.8, 4) is 0 Å². The van der Waals surface area contributed by atoms with E-state index in [9.17, 15) is 14.4 Å². The maximum Gasteiger partial charge on any atom is 0.407 e. The van der Waals surface area contributed by atoms with Gasteiger partial charge in [0.15, 0.2) is 0 Å². The fraction of sp³-hybridized carbons (Fsp3) is 0.450. The molecule has 0 fully saturated rings. The lowest BCUT2D eigenvalue weighted by atomic mass is 10.2. The van der Waals surface area contributed by atoms with Gasteiger partial charge in [0.2, 0.25) is 11.8 Å². The van der Waals surface area contributed by atoms with E-state index in [0.717, 1.165) is 0 Å². The van der Waals surface area contributed by atoms with Crippen molar-refractivity contribution >= 4 is 17.9 Å². The van der Waals surface area contributed by atoms with Crippen LogP contribution in [0.1, 0.15) is 34.6 Å². The van der Waals surface area contributed by atoms with Crippen LogP contribution in [-0.4, -0.2) is 42.6 Å². The van der Waals surface area contributed by atoms with Crippen LogP contribution >= 0.6 is 0 Å². The number of allylic oxidation sites excluding steroid dienone is 6. The first kappa shape index (κ1) is 24.2. The monoisotopic (exact) mass is 377 g/mol. The Labute approximate surface area is 161 Å². The minimum Gasteiger partial charge on any atom is -0.444 e. The molecular weight excluding hydrogens is 346 g/mol. The summed E-state index contributed by atoms with van der Waals surface area (Å²) in [5.41, 5.74) is -0.647. The van der Waals surface area contributed by atoms with Gasteiger partial charge < -0.3 is 20.7 Å². The predicted molar refractivity (Wildman–Crippen MR) is 107 cm³/mol. The van der Waals surface area contributed by atoms with E-state index in [2.05, 4.69) is 16.0 Å². The van der Waals surface area contributed by atoms with E-state index in [1.54, 1.807) is 57.2 Å². The van der Waals surface area contributed by atoms with Crippen molar-refractivity contribution in [1.82, 2.24) is 16.0 Å². The van der Waals surface area contributed by atoms with Gasteiger partial charge in [0.05, 0.1) is 6.04 Å². The fourth-order valence-electron chi connectivity index (χ4n) is 1.72. The molecule has 0 aromatic rings. The number of rotatable bonds is 9. The smallest absolute Gasteiger partial charge is 0.407 e. The Morgan fingerprint density at radius 1 is 0.852 bits per heavy atom. The second kappa shape index (κ2) is 13.4. The highest BCUT2D eigenvalue weighted by Gasteiger charge is 2.20. The molecule has 0 saturated heterocycles. The van der Waals surface area contributed by atoms with Crippen molar-refractivity contribution in [2.75, 3.05) is 13.1 Å². The lowest BCUT2D eigenvalue weighted by Crippen LogP contribution is -2.50. The zero-order valence-electron chi connectivity index (χ0n) is 16.7. The molecule has 1 atom stereocenters. The van der Waals surface area contributed by atoms with Crippen molar-refractivity contribution in [2.24, 2.45) is 0 Å². The lowest BCUT2D eigenvalue weighted by Gasteiger charge is -2.24. The molecule has 0 aliphatic heterocycles. The molecule has 150 valence electrons. The van der Waals surface area contributed by atoms with Gasteiger partial charge in [-0.05, 0) is 34.6 Å². The number of hydrogen-bond donors (Lipinski definition) is 3. The maximum absolute atomic E-state index is 12.0. The van der Waals surface area contributed by atoms with Crippen molar-refractivity contribution < 1.29 is 19.1 Å². The quantitative estimate of drug-likeness (QED) is 0.424. The third-order valence-electron chi connectivity index (χ3n) is 2.87. The van der Waals surface area contributed by atoms with Gasteiger partial charge in [-0.1, -0.05) is 36.5 Å². The fourth-order valence-corrected chi connectivity index (χ4v) is 1.72. The van der Waals surface area contributed by atoms with Gasteiger partial charge >= 0.3 is 6.09 Å². The van der Waals surface area contributed by atoms with E-state index in [4.69, 9.17) is 4.74 Å². The summed E-state index contributed by atoms with van der Waals surface area (Å²) in [6.07, 6.45) is 12.4. The molecule has 0 aliphatic rings. The highest BCUT2D eigenvalue weighted by molar-refractivity contribution is 5.88. The molecule has 0 radical (unpaired) electrons. The van der Waals surface area contributed by atoms with E-state index in [0.29, 0.717) is 0 Å². The van der Waals surface area contributed by atoms with E-state index in [1.165, 1.54) is 12.2 Å². The van der Waals surface area contributed by atoms with Crippen LogP contribution in [0.15, 0.2) is 48.6 Å². The minimum atomic E-state index is -0.647. The van der Waals surface area contributed by atoms with Crippen LogP contribution < -0.4 is 16.0 Å². The summed E-state index contributed by atoms with van der Waals surface area (Å²) in [6.45, 7) is 9.22. The van der Waals surface area contributed by atoms with Crippen LogP contribution in [0.4, 0.5) is 4.79 Å². The van der Waals surface area contributed by atoms with Gasteiger partial charge in [-0.15, -0.1) is 0 Å². The summed E-state index contributed by atoms with van der Waals surface area (Å²) >= 11 is 0. The average molecular weight is 377 g/mol. The predicted octanol–water partition coefficient (Wildman–Crippen LogP) is 2.38. The van der Waals surface area contributed by atoms with Crippen LogP contribution in [0.2, 0.25) is 0 Å². The molecule has 7 heteroatoms. The van der Waals surface area contributed by atoms with Crippen molar-refractivity contribution in [3.63, 3.8) is 0 Å². The molecular formula is C20H31N3O4. The maximum atomic E-state index is 12.0. The Bertz CT molecular complexity index is 561. The average Bonchev–Trinajstić information content (AvgIpc) is 2.56. The Kier molecular flexibility index (Phi) is 12.0. The standard InChI is InChI=1S/C20H31N3O4/c1-6-8-10-12-17(24)21-14-16(23-19(26)27-20(3,4)5)15-22-18(25)13-11-9-7-2/h6-13,16H,14-15H2,1-5H3,(H,21,24)(H,22,25)(H,23,26)/b8-6+,9-7+,12-10-,13-11+. The van der Waals surface area contributed by atoms with Crippen molar-refractivity contribution in [3.05, 3.63) is 48.6 Å². The van der Waals surface area contributed by atoms with E-state index < -0.39 is 17.7 Å². The molecule has 0 bridgehead atoms. The van der Waals surface area contributed by atoms with E-state index in [-0.39, 0.29) is 24.9 Å². The van der Waals surface area contributed by atoms with Crippen LogP contribution in [0.5, 0.6) is 0 Å². The van der Waals surface area contributed by atoms with Crippen LogP contribution in [0.3, 0.4) is 0 Å². The number of carbonyl (C=O) groups excluding carboxylic acids is 3. The molecule has 3 N–H and O–H groups in total. The summed E-state index contributed by atoms with van der Waals surface area (Å²) in [7, 11) is 0. The van der Waals surface area contributed by atoms with E-state index in [1.807, 2.05) is 13.8 Å². The Balaban J connectivity index is 4.76. The number of carbonyl (C=O) groups is 3. The Morgan fingerprint density at radius 3 is 1.67 bits per heavy atom. The highest BCUT2D eigenvalue weighted by Crippen LogP contribution is 2.06. The first-order valence-electron chi connectivity index (χ1n) is 8.81. The normalized spacial score (nSPS) is 13.4. The number of hydrogen-bond acceptors (Lipinski definition) is 4. The molecule has 0 spiro atoms. The minimum absolute atomic E-state index is 0.136. The first-order valence-corrected chi connectivity index (χ1v) is 8.81. The van der Waals surface area contributed by atoms with Crippen molar-refractivity contribution in [2.45, 2.75) is 46.3 Å². The second-order valence-corrected chi connectivity index (χ2v) is 6.60. The summed E-state index contributed by atoms with van der Waals surface area (Å²) in [5, 5.41) is 8.00. The summed E-state index contributed by atoms with van der Waals surface area (Å²) < 4.78 is 5.22. The van der Waals surface area contributed by atoms with Gasteiger partial charge in [-0.2, -0.15) is 0 Å². The molecule has 27 heavy (non-hydrogen) atoms. The number of ether oxygens (including phenoxy) is 1.